The van der Waals surface area contributed by atoms with Crippen molar-refractivity contribution in [3.63, 3.8) is 0 Å². The van der Waals surface area contributed by atoms with Gasteiger partial charge in [0.25, 0.3) is 0 Å². The minimum atomic E-state index is -4.34. The Balaban J connectivity index is 4.59. The molecule has 288 valence electrons. The van der Waals surface area contributed by atoms with Gasteiger partial charge in [0, 0.05) is 6.42 Å². The van der Waals surface area contributed by atoms with E-state index < -0.39 is 20.0 Å². The van der Waals surface area contributed by atoms with Gasteiger partial charge in [0.2, 0.25) is 5.91 Å². The maximum atomic E-state index is 12.8. The van der Waals surface area contributed by atoms with Crippen molar-refractivity contribution in [2.24, 2.45) is 0 Å². The number of phosphoric ester groups is 1. The molecule has 3 atom stereocenters. The van der Waals surface area contributed by atoms with Crippen LogP contribution in [0.15, 0.2) is 36.5 Å². The normalized spacial score (nSPS) is 15.0. The number of likely N-dealkylation sites (N-methyl/N-ethyl adjacent to an activating group) is 1. The number of quaternary nitrogens is 1. The minimum absolute atomic E-state index is 0.0542. The fraction of sp³-hybridized carbons (Fsp3) is 0.825. The molecule has 0 heterocycles. The van der Waals surface area contributed by atoms with Crippen LogP contribution >= 0.6 is 7.82 Å². The predicted octanol–water partition coefficient (Wildman–Crippen LogP) is 10.4. The van der Waals surface area contributed by atoms with Gasteiger partial charge in [-0.2, -0.15) is 0 Å². The summed E-state index contributed by atoms with van der Waals surface area (Å²) in [4.78, 5) is 23.0. The topological polar surface area (TPSA) is 105 Å². The molecule has 0 saturated heterocycles. The second-order valence-electron chi connectivity index (χ2n) is 14.6. The van der Waals surface area contributed by atoms with Crippen LogP contribution in [-0.2, 0) is 18.4 Å². The summed E-state index contributed by atoms with van der Waals surface area (Å²) in [6.45, 7) is 4.73. The van der Waals surface area contributed by atoms with Crippen LogP contribution in [0.2, 0.25) is 0 Å². The van der Waals surface area contributed by atoms with E-state index in [9.17, 15) is 19.4 Å². The third-order valence-electron chi connectivity index (χ3n) is 8.58. The highest BCUT2D eigenvalue weighted by Crippen LogP contribution is 2.43. The van der Waals surface area contributed by atoms with Gasteiger partial charge in [-0.05, 0) is 57.8 Å². The van der Waals surface area contributed by atoms with Gasteiger partial charge in [0.15, 0.2) is 0 Å². The molecule has 0 aliphatic carbocycles. The lowest BCUT2D eigenvalue weighted by Gasteiger charge is -2.25. The number of nitrogens with zero attached hydrogens (tertiary/aromatic N) is 1. The Labute approximate surface area is 302 Å². The maximum absolute atomic E-state index is 12.8. The van der Waals surface area contributed by atoms with Gasteiger partial charge in [-0.3, -0.25) is 13.8 Å². The summed E-state index contributed by atoms with van der Waals surface area (Å²) in [7, 11) is 1.54. The van der Waals surface area contributed by atoms with E-state index in [4.69, 9.17) is 9.05 Å². The number of carbonyl (C=O) groups is 1. The number of hydrogen-bond donors (Lipinski definition) is 3. The molecule has 0 fully saturated rings. The fourth-order valence-electron chi connectivity index (χ4n) is 5.34. The summed E-state index contributed by atoms with van der Waals surface area (Å²) >= 11 is 0. The zero-order chi connectivity index (χ0) is 36.5. The molecular weight excluding hydrogens is 635 g/mol. The highest BCUT2D eigenvalue weighted by Gasteiger charge is 2.27. The highest BCUT2D eigenvalue weighted by molar-refractivity contribution is 7.47. The molecule has 0 rings (SSSR count). The molecule has 3 N–H and O–H groups in total. The largest absolute Gasteiger partial charge is 0.472 e. The number of carbonyl (C=O) groups excluding carboxylic acids is 1. The molecule has 3 unspecified atom stereocenters. The van der Waals surface area contributed by atoms with E-state index in [-0.39, 0.29) is 19.1 Å². The molecule has 49 heavy (non-hydrogen) atoms. The lowest BCUT2D eigenvalue weighted by molar-refractivity contribution is -0.870. The second-order valence-corrected chi connectivity index (χ2v) is 16.1. The van der Waals surface area contributed by atoms with Crippen molar-refractivity contribution in [2.75, 3.05) is 40.9 Å². The van der Waals surface area contributed by atoms with Gasteiger partial charge in [-0.1, -0.05) is 134 Å². The van der Waals surface area contributed by atoms with Crippen LogP contribution in [0, 0.1) is 0 Å². The van der Waals surface area contributed by atoms with Gasteiger partial charge in [-0.25, -0.2) is 4.57 Å². The smallest absolute Gasteiger partial charge is 0.387 e. The lowest BCUT2D eigenvalue weighted by Crippen LogP contribution is -2.45. The van der Waals surface area contributed by atoms with Crippen molar-refractivity contribution in [3.8, 4) is 0 Å². The van der Waals surface area contributed by atoms with E-state index in [1.807, 2.05) is 27.2 Å². The molecule has 1 amide bonds. The van der Waals surface area contributed by atoms with Gasteiger partial charge in [-0.15, -0.1) is 0 Å². The molecule has 8 nitrogen and oxygen atoms in total. The number of phosphoric acid groups is 1. The zero-order valence-corrected chi connectivity index (χ0v) is 33.3. The van der Waals surface area contributed by atoms with E-state index >= 15 is 0 Å². The van der Waals surface area contributed by atoms with Crippen LogP contribution < -0.4 is 5.32 Å². The Morgan fingerprint density at radius 2 is 1.12 bits per heavy atom. The van der Waals surface area contributed by atoms with E-state index in [0.29, 0.717) is 17.4 Å². The number of hydrogen-bond acceptors (Lipinski definition) is 5. The van der Waals surface area contributed by atoms with E-state index in [2.05, 4.69) is 43.5 Å². The third kappa shape index (κ3) is 34.9. The summed E-state index contributed by atoms with van der Waals surface area (Å²) in [6.07, 6.45) is 37.8. The zero-order valence-electron chi connectivity index (χ0n) is 32.4. The van der Waals surface area contributed by atoms with Gasteiger partial charge in [0.1, 0.15) is 13.2 Å². The Morgan fingerprint density at radius 1 is 0.673 bits per heavy atom. The predicted molar refractivity (Wildman–Crippen MR) is 208 cm³/mol. The molecule has 0 spiro atoms. The average molecular weight is 714 g/mol. The SMILES string of the molecule is CCCCC/C=C\CCCCCCCC(=O)NC(COP(=O)(O)OCC[N+](C)(C)C)C(O)/C=C/CC/C=C/CCCCCCCCCCC. The molecule has 0 aromatic rings. The molecule has 0 aromatic heterocycles. The van der Waals surface area contributed by atoms with E-state index in [1.165, 1.54) is 89.9 Å². The van der Waals surface area contributed by atoms with Crippen LogP contribution in [0.5, 0.6) is 0 Å². The van der Waals surface area contributed by atoms with Gasteiger partial charge < -0.3 is 19.8 Å². The van der Waals surface area contributed by atoms with E-state index in [0.717, 1.165) is 51.4 Å². The van der Waals surface area contributed by atoms with Crippen molar-refractivity contribution >= 4 is 13.7 Å². The molecule has 0 aliphatic rings. The summed E-state index contributed by atoms with van der Waals surface area (Å²) < 4.78 is 23.4. The lowest BCUT2D eigenvalue weighted by atomic mass is 10.1. The number of amides is 1. The first-order valence-corrected chi connectivity index (χ1v) is 21.4. The molecule has 0 bridgehead atoms. The van der Waals surface area contributed by atoms with Crippen LogP contribution in [-0.4, -0.2) is 73.4 Å². The van der Waals surface area contributed by atoms with Crippen molar-refractivity contribution in [2.45, 2.75) is 174 Å². The fourth-order valence-corrected chi connectivity index (χ4v) is 6.08. The molecule has 0 aromatic carbocycles. The molecular formula is C40H78N2O6P+. The minimum Gasteiger partial charge on any atom is -0.387 e. The van der Waals surface area contributed by atoms with Crippen molar-refractivity contribution in [1.29, 1.82) is 0 Å². The van der Waals surface area contributed by atoms with Crippen LogP contribution in [0.25, 0.3) is 0 Å². The summed E-state index contributed by atoms with van der Waals surface area (Å²) in [6, 6.07) is -0.863. The number of unbranched alkanes of at least 4 members (excludes halogenated alkanes) is 18. The Bertz CT molecular complexity index is 902. The number of aliphatic hydroxyl groups excluding tert-OH is 1. The Kier molecular flexibility index (Phi) is 31.8. The van der Waals surface area contributed by atoms with Gasteiger partial charge in [0.05, 0.1) is 39.9 Å². The first kappa shape index (κ1) is 47.7. The van der Waals surface area contributed by atoms with Crippen molar-refractivity contribution < 1.29 is 32.9 Å². The number of allylic oxidation sites excluding steroid dienone is 5. The van der Waals surface area contributed by atoms with Crippen molar-refractivity contribution in [1.82, 2.24) is 5.32 Å². The standard InChI is InChI=1S/C40H77N2O6P/c1-6-8-10-12-14-16-18-20-21-22-23-25-27-29-31-33-39(43)38(37-48-49(45,46)47-36-35-42(3,4)5)41-40(44)34-32-30-28-26-24-19-17-15-13-11-9-7-2/h15,17,23,25,31,33,38-39,43H,6-14,16,18-22,24,26-30,32,34-37H2,1-5H3,(H-,41,44,45,46)/p+1/b17-15-,25-23+,33-31+. The van der Waals surface area contributed by atoms with Crippen LogP contribution in [0.3, 0.4) is 0 Å². The molecule has 0 aliphatic heterocycles. The monoisotopic (exact) mass is 714 g/mol. The molecule has 0 saturated carbocycles. The van der Waals surface area contributed by atoms with E-state index in [1.54, 1.807) is 6.08 Å². The van der Waals surface area contributed by atoms with Crippen LogP contribution in [0.4, 0.5) is 0 Å². The summed E-state index contributed by atoms with van der Waals surface area (Å²) in [5.74, 6) is -0.200. The first-order valence-electron chi connectivity index (χ1n) is 19.9. The summed E-state index contributed by atoms with van der Waals surface area (Å²) in [5, 5.41) is 13.7. The van der Waals surface area contributed by atoms with Gasteiger partial charge >= 0.3 is 7.82 Å². The molecule has 9 heteroatoms. The number of aliphatic hydroxyl groups is 1. The highest BCUT2D eigenvalue weighted by atomic mass is 31.2. The Hall–Kier alpha value is -1.28. The third-order valence-corrected chi connectivity index (χ3v) is 9.57. The van der Waals surface area contributed by atoms with Crippen molar-refractivity contribution in [3.05, 3.63) is 36.5 Å². The number of rotatable bonds is 35. The Morgan fingerprint density at radius 3 is 1.67 bits per heavy atom. The van der Waals surface area contributed by atoms with Crippen LogP contribution in [0.1, 0.15) is 162 Å². The second kappa shape index (κ2) is 32.6. The molecule has 0 radical (unpaired) electrons. The number of nitrogens with one attached hydrogen (secondary N) is 1. The quantitative estimate of drug-likeness (QED) is 0.0261. The first-order chi connectivity index (χ1) is 23.5. The summed E-state index contributed by atoms with van der Waals surface area (Å²) in [5.41, 5.74) is 0. The average Bonchev–Trinajstić information content (AvgIpc) is 3.04. The maximum Gasteiger partial charge on any atom is 0.472 e.